The molecule has 8 heteroatoms. The number of hydrogen-bond donors (Lipinski definition) is 0. The number of ether oxygens (including phenoxy) is 2. The van der Waals surface area contributed by atoms with Gasteiger partial charge in [-0.25, -0.2) is 4.79 Å². The van der Waals surface area contributed by atoms with Gasteiger partial charge in [0.05, 0.1) is 16.1 Å². The Labute approximate surface area is 175 Å². The van der Waals surface area contributed by atoms with Gasteiger partial charge >= 0.3 is 5.97 Å². The Kier molecular flexibility index (Phi) is 5.04. The predicted molar refractivity (Wildman–Crippen MR) is 109 cm³/mol. The summed E-state index contributed by atoms with van der Waals surface area (Å²) in [6.45, 7) is 0. The molecule has 0 aromatic heterocycles. The molecular weight excluding hydrogens is 410 g/mol. The first kappa shape index (κ1) is 19.4. The Bertz CT molecular complexity index is 1230. The molecular formula is C22H12ClNO6. The molecule has 0 fully saturated rings. The minimum Gasteiger partial charge on any atom is -0.452 e. The van der Waals surface area contributed by atoms with E-state index in [4.69, 9.17) is 21.1 Å². The van der Waals surface area contributed by atoms with Crippen molar-refractivity contribution in [3.8, 4) is 11.5 Å². The van der Waals surface area contributed by atoms with Gasteiger partial charge in [0.1, 0.15) is 11.5 Å². The van der Waals surface area contributed by atoms with Gasteiger partial charge in [0.15, 0.2) is 5.76 Å². The molecule has 0 saturated carbocycles. The summed E-state index contributed by atoms with van der Waals surface area (Å²) >= 11 is 5.96. The van der Waals surface area contributed by atoms with E-state index in [0.29, 0.717) is 16.1 Å². The van der Waals surface area contributed by atoms with Gasteiger partial charge in [-0.3, -0.25) is 14.9 Å². The molecule has 0 N–H and O–H groups in total. The van der Waals surface area contributed by atoms with Gasteiger partial charge in [-0.15, -0.1) is 0 Å². The number of halogens is 1. The number of esters is 1. The summed E-state index contributed by atoms with van der Waals surface area (Å²) in [5, 5.41) is 11.4. The number of benzene rings is 3. The molecule has 1 aliphatic heterocycles. The van der Waals surface area contributed by atoms with Crippen molar-refractivity contribution in [3.05, 3.63) is 104 Å². The largest absolute Gasteiger partial charge is 0.452 e. The van der Waals surface area contributed by atoms with Gasteiger partial charge in [-0.1, -0.05) is 29.8 Å². The maximum atomic E-state index is 12.5. The first-order valence-corrected chi connectivity index (χ1v) is 9.09. The highest BCUT2D eigenvalue weighted by Gasteiger charge is 2.28. The minimum atomic E-state index is -0.766. The van der Waals surface area contributed by atoms with Crippen molar-refractivity contribution in [2.75, 3.05) is 0 Å². The van der Waals surface area contributed by atoms with Crippen LogP contribution in [0.2, 0.25) is 5.02 Å². The van der Waals surface area contributed by atoms with E-state index < -0.39 is 10.9 Å². The molecule has 148 valence electrons. The van der Waals surface area contributed by atoms with Gasteiger partial charge in [0.25, 0.3) is 5.69 Å². The first-order valence-electron chi connectivity index (χ1n) is 8.71. The number of allylic oxidation sites excluding steroid dienone is 1. The van der Waals surface area contributed by atoms with E-state index in [1.54, 1.807) is 30.3 Å². The summed E-state index contributed by atoms with van der Waals surface area (Å²) in [5.41, 5.74) is 0.848. The fraction of sp³-hybridized carbons (Fsp3) is 0. The highest BCUT2D eigenvalue weighted by Crippen LogP contribution is 2.35. The number of nitro benzene ring substituents is 1. The van der Waals surface area contributed by atoms with Gasteiger partial charge in [-0.05, 0) is 42.0 Å². The van der Waals surface area contributed by atoms with E-state index in [2.05, 4.69) is 0 Å². The lowest BCUT2D eigenvalue weighted by Gasteiger charge is -2.05. The van der Waals surface area contributed by atoms with Crippen molar-refractivity contribution < 1.29 is 24.0 Å². The van der Waals surface area contributed by atoms with Gasteiger partial charge in [0.2, 0.25) is 5.78 Å². The molecule has 0 unspecified atom stereocenters. The summed E-state index contributed by atoms with van der Waals surface area (Å²) in [4.78, 5) is 35.1. The Morgan fingerprint density at radius 2 is 1.87 bits per heavy atom. The number of non-ortho nitro benzene ring substituents is 1. The Balaban J connectivity index is 1.55. The lowest BCUT2D eigenvalue weighted by atomic mass is 10.1. The topological polar surface area (TPSA) is 95.7 Å². The maximum absolute atomic E-state index is 12.5. The average molecular weight is 422 g/mol. The monoisotopic (exact) mass is 421 g/mol. The van der Waals surface area contributed by atoms with Gasteiger partial charge in [-0.2, -0.15) is 0 Å². The summed E-state index contributed by atoms with van der Waals surface area (Å²) < 4.78 is 10.9. The summed E-state index contributed by atoms with van der Waals surface area (Å²) in [6.07, 6.45) is 1.57. The molecule has 4 rings (SSSR count). The smallest absolute Gasteiger partial charge is 0.343 e. The van der Waals surface area contributed by atoms with E-state index in [0.717, 1.165) is 6.07 Å². The predicted octanol–water partition coefficient (Wildman–Crippen LogP) is 5.08. The summed E-state index contributed by atoms with van der Waals surface area (Å²) in [5.74, 6) is -0.562. The van der Waals surface area contributed by atoms with Crippen LogP contribution < -0.4 is 9.47 Å². The molecule has 0 bridgehead atoms. The molecule has 0 atom stereocenters. The van der Waals surface area contributed by atoms with E-state index in [1.165, 1.54) is 36.4 Å². The van der Waals surface area contributed by atoms with E-state index in [9.17, 15) is 19.7 Å². The second kappa shape index (κ2) is 7.81. The molecule has 1 heterocycles. The van der Waals surface area contributed by atoms with Crippen LogP contribution in [0.4, 0.5) is 5.69 Å². The molecule has 0 aliphatic carbocycles. The van der Waals surface area contributed by atoms with E-state index in [1.807, 2.05) is 0 Å². The van der Waals surface area contributed by atoms with Crippen molar-refractivity contribution in [1.82, 2.24) is 0 Å². The van der Waals surface area contributed by atoms with Crippen LogP contribution in [-0.4, -0.2) is 16.7 Å². The number of hydrogen-bond acceptors (Lipinski definition) is 6. The van der Waals surface area contributed by atoms with Gasteiger partial charge in [0, 0.05) is 23.2 Å². The zero-order valence-corrected chi connectivity index (χ0v) is 16.0. The molecule has 30 heavy (non-hydrogen) atoms. The normalized spacial score (nSPS) is 13.6. The number of fused-ring (bicyclic) bond motifs is 1. The van der Waals surface area contributed by atoms with Crippen molar-refractivity contribution in [2.24, 2.45) is 0 Å². The molecule has 0 spiro atoms. The molecule has 0 radical (unpaired) electrons. The number of nitro groups is 1. The van der Waals surface area contributed by atoms with Crippen molar-refractivity contribution in [3.63, 3.8) is 0 Å². The fourth-order valence-corrected chi connectivity index (χ4v) is 3.09. The number of Topliss-reactive ketones (excluding diaryl/α,β-unsaturated/α-hetero) is 1. The molecule has 0 amide bonds. The van der Waals surface area contributed by atoms with Crippen LogP contribution in [0.5, 0.6) is 11.5 Å². The van der Waals surface area contributed by atoms with E-state index >= 15 is 0 Å². The Morgan fingerprint density at radius 1 is 1.07 bits per heavy atom. The van der Waals surface area contributed by atoms with E-state index in [-0.39, 0.29) is 34.3 Å². The highest BCUT2D eigenvalue weighted by atomic mass is 35.5. The average Bonchev–Trinajstić information content (AvgIpc) is 3.03. The Morgan fingerprint density at radius 3 is 2.63 bits per heavy atom. The van der Waals surface area contributed by atoms with Crippen LogP contribution in [0.1, 0.15) is 26.3 Å². The SMILES string of the molecule is O=C(Oc1ccc2c(c1)OC(=Cc1cccc(Cl)c1)C2=O)c1cccc([N+](=O)[O-])c1. The van der Waals surface area contributed by atoms with Crippen LogP contribution in [-0.2, 0) is 0 Å². The lowest BCUT2D eigenvalue weighted by molar-refractivity contribution is -0.384. The quantitative estimate of drug-likeness (QED) is 0.191. The molecule has 0 saturated heterocycles. The third kappa shape index (κ3) is 3.92. The molecule has 3 aromatic carbocycles. The standard InChI is InChI=1S/C22H12ClNO6/c23-15-5-1-3-13(9-15)10-20-21(25)18-8-7-17(12-19(18)30-20)29-22(26)14-4-2-6-16(11-14)24(27)28/h1-12H. The Hall–Kier alpha value is -3.97. The lowest BCUT2D eigenvalue weighted by Crippen LogP contribution is -2.08. The molecule has 7 nitrogen and oxygen atoms in total. The van der Waals surface area contributed by atoms with Crippen LogP contribution in [0.15, 0.2) is 72.5 Å². The molecule has 3 aromatic rings. The maximum Gasteiger partial charge on any atom is 0.343 e. The van der Waals surface area contributed by atoms with Crippen LogP contribution in [0, 0.1) is 10.1 Å². The number of carbonyl (C=O) groups is 2. The zero-order chi connectivity index (χ0) is 21.3. The van der Waals surface area contributed by atoms with Gasteiger partial charge < -0.3 is 9.47 Å². The number of rotatable bonds is 4. The highest BCUT2D eigenvalue weighted by molar-refractivity contribution is 6.30. The fourth-order valence-electron chi connectivity index (χ4n) is 2.89. The molecule has 1 aliphatic rings. The van der Waals surface area contributed by atoms with Crippen molar-refractivity contribution in [2.45, 2.75) is 0 Å². The number of ketones is 1. The minimum absolute atomic E-state index is 0.0308. The second-order valence-corrected chi connectivity index (χ2v) is 6.79. The zero-order valence-electron chi connectivity index (χ0n) is 15.2. The third-order valence-electron chi connectivity index (χ3n) is 4.29. The van der Waals surface area contributed by atoms with Crippen molar-refractivity contribution in [1.29, 1.82) is 0 Å². The first-order chi connectivity index (χ1) is 14.4. The van der Waals surface area contributed by atoms with Crippen LogP contribution in [0.25, 0.3) is 6.08 Å². The van der Waals surface area contributed by atoms with Crippen molar-refractivity contribution >= 4 is 35.1 Å². The number of carbonyl (C=O) groups excluding carboxylic acids is 2. The summed E-state index contributed by atoms with van der Waals surface area (Å²) in [7, 11) is 0. The summed E-state index contributed by atoms with van der Waals surface area (Å²) in [6, 6.07) is 16.5. The second-order valence-electron chi connectivity index (χ2n) is 6.35. The third-order valence-corrected chi connectivity index (χ3v) is 4.53. The van der Waals surface area contributed by atoms with Crippen LogP contribution in [0.3, 0.4) is 0 Å². The number of nitrogens with zero attached hydrogens (tertiary/aromatic N) is 1. The van der Waals surface area contributed by atoms with Crippen LogP contribution >= 0.6 is 11.6 Å².